The maximum absolute atomic E-state index is 14.9. The molecule has 2 heterocycles. The third-order valence-corrected chi connectivity index (χ3v) is 7.31. The molecule has 16 heteroatoms. The van der Waals surface area contributed by atoms with Gasteiger partial charge in [0, 0.05) is 19.2 Å². The monoisotopic (exact) mass is 645 g/mol. The summed E-state index contributed by atoms with van der Waals surface area (Å²) in [4.78, 5) is 22.5. The molecule has 45 heavy (non-hydrogen) atoms. The molecular formula is C29H27F4N7O4S. The Morgan fingerprint density at radius 3 is 2.62 bits per heavy atom. The number of amides is 1. The molecule has 1 aliphatic rings. The van der Waals surface area contributed by atoms with Crippen LogP contribution in [0.3, 0.4) is 0 Å². The molecule has 236 valence electrons. The molecule has 1 atom stereocenters. The summed E-state index contributed by atoms with van der Waals surface area (Å²) in [6.45, 7) is 2.33. The van der Waals surface area contributed by atoms with E-state index in [2.05, 4.69) is 30.4 Å². The van der Waals surface area contributed by atoms with Crippen LogP contribution in [0.15, 0.2) is 72.0 Å². The number of nitrogens with zero attached hydrogens (tertiary/aromatic N) is 5. The van der Waals surface area contributed by atoms with E-state index in [1.807, 2.05) is 25.1 Å². The fourth-order valence-electron chi connectivity index (χ4n) is 4.37. The molecule has 3 aromatic carbocycles. The van der Waals surface area contributed by atoms with Gasteiger partial charge in [0.25, 0.3) is 0 Å². The molecule has 0 saturated carbocycles. The Kier molecular flexibility index (Phi) is 9.55. The standard InChI is InChI=1S/C29H27F4N7O4S/c1-17-3-5-19(14-43-2)24(11-17)40-25(41)15-45-28(40)37-27(42)36-23-10-4-18(12-22(23)30)13-34-26-35-16-39(38-26)20-6-8-21(9-7-20)44-29(31,32)33/h3-12,16,27,36,42H,13-15H2,1-2H3,(H,34,38)/b37-28-. The number of thioether (sulfide) groups is 1. The molecule has 1 fully saturated rings. The van der Waals surface area contributed by atoms with Crippen molar-refractivity contribution in [3.63, 3.8) is 0 Å². The van der Waals surface area contributed by atoms with E-state index in [1.54, 1.807) is 13.2 Å². The van der Waals surface area contributed by atoms with Gasteiger partial charge in [0.05, 0.1) is 29.4 Å². The largest absolute Gasteiger partial charge is 0.573 e. The molecule has 0 bridgehead atoms. The van der Waals surface area contributed by atoms with Crippen molar-refractivity contribution < 1.29 is 36.9 Å². The molecule has 0 radical (unpaired) electrons. The molecular weight excluding hydrogens is 618 g/mol. The fraction of sp³-hybridized carbons (Fsp3) is 0.241. The smallest absolute Gasteiger partial charge is 0.406 e. The van der Waals surface area contributed by atoms with Crippen LogP contribution >= 0.6 is 11.8 Å². The summed E-state index contributed by atoms with van der Waals surface area (Å²) >= 11 is 1.16. The highest BCUT2D eigenvalue weighted by molar-refractivity contribution is 8.15. The van der Waals surface area contributed by atoms with Crippen molar-refractivity contribution in [3.8, 4) is 11.4 Å². The fourth-order valence-corrected chi connectivity index (χ4v) is 5.25. The molecule has 1 unspecified atom stereocenters. The lowest BCUT2D eigenvalue weighted by Gasteiger charge is -2.21. The normalized spacial score (nSPS) is 15.0. The van der Waals surface area contributed by atoms with Crippen molar-refractivity contribution in [2.45, 2.75) is 32.8 Å². The van der Waals surface area contributed by atoms with E-state index in [9.17, 15) is 27.5 Å². The van der Waals surface area contributed by atoms with Gasteiger partial charge in [-0.1, -0.05) is 30.0 Å². The van der Waals surface area contributed by atoms with Gasteiger partial charge in [0.15, 0.2) is 5.17 Å². The number of nitrogens with one attached hydrogen (secondary N) is 2. The number of aromatic nitrogens is 3. The van der Waals surface area contributed by atoms with Crippen molar-refractivity contribution >= 4 is 40.2 Å². The number of aliphatic hydroxyl groups is 1. The highest BCUT2D eigenvalue weighted by Crippen LogP contribution is 2.31. The Hall–Kier alpha value is -4.67. The van der Waals surface area contributed by atoms with Crippen molar-refractivity contribution in [1.29, 1.82) is 0 Å². The number of aliphatic imine (C=N–C) groups is 1. The lowest BCUT2D eigenvalue weighted by Crippen LogP contribution is -2.32. The Labute approximate surface area is 258 Å². The van der Waals surface area contributed by atoms with Crippen molar-refractivity contribution in [2.75, 3.05) is 28.4 Å². The van der Waals surface area contributed by atoms with E-state index < -0.39 is 18.5 Å². The van der Waals surface area contributed by atoms with Gasteiger partial charge in [0.2, 0.25) is 18.2 Å². The lowest BCUT2D eigenvalue weighted by molar-refractivity contribution is -0.274. The summed E-state index contributed by atoms with van der Waals surface area (Å²) in [6, 6.07) is 15.0. The van der Waals surface area contributed by atoms with E-state index in [0.29, 0.717) is 16.9 Å². The number of benzene rings is 3. The molecule has 0 aliphatic carbocycles. The van der Waals surface area contributed by atoms with Crippen LogP contribution in [0.25, 0.3) is 5.69 Å². The summed E-state index contributed by atoms with van der Waals surface area (Å²) in [5.41, 5.74) is 3.30. The SMILES string of the molecule is COCc1ccc(C)cc1N1C(=O)CS/C1=N\C(O)Nc1ccc(CNc2ncn(-c3ccc(OC(F)(F)F)cc3)n2)cc1F. The molecule has 11 nitrogen and oxygen atoms in total. The molecule has 5 rings (SSSR count). The Bertz CT molecular complexity index is 1700. The molecule has 1 amide bonds. The summed E-state index contributed by atoms with van der Waals surface area (Å²) in [6.07, 6.45) is -4.96. The van der Waals surface area contributed by atoms with Gasteiger partial charge in [-0.15, -0.1) is 18.3 Å². The van der Waals surface area contributed by atoms with Gasteiger partial charge in [-0.3, -0.25) is 9.69 Å². The molecule has 3 N–H and O–H groups in total. The maximum Gasteiger partial charge on any atom is 0.573 e. The quantitative estimate of drug-likeness (QED) is 0.149. The number of anilines is 3. The maximum atomic E-state index is 14.9. The molecule has 1 saturated heterocycles. The van der Waals surface area contributed by atoms with Crippen molar-refractivity contribution in [1.82, 2.24) is 14.8 Å². The van der Waals surface area contributed by atoms with Crippen LogP contribution in [0.1, 0.15) is 16.7 Å². The lowest BCUT2D eigenvalue weighted by atomic mass is 10.1. The average molecular weight is 646 g/mol. The number of ether oxygens (including phenoxy) is 2. The first kappa shape index (κ1) is 31.7. The number of aliphatic hydroxyl groups excluding tert-OH is 1. The van der Waals surface area contributed by atoms with Gasteiger partial charge in [-0.25, -0.2) is 19.0 Å². The van der Waals surface area contributed by atoms with Gasteiger partial charge in [-0.2, -0.15) is 0 Å². The number of hydrogen-bond donors (Lipinski definition) is 3. The Morgan fingerprint density at radius 1 is 1.13 bits per heavy atom. The molecule has 0 spiro atoms. The zero-order chi connectivity index (χ0) is 32.1. The first-order chi connectivity index (χ1) is 21.5. The Morgan fingerprint density at radius 2 is 1.91 bits per heavy atom. The number of hydrogen-bond acceptors (Lipinski definition) is 10. The van der Waals surface area contributed by atoms with Crippen LogP contribution in [-0.4, -0.2) is 56.5 Å². The number of carbonyl (C=O) groups excluding carboxylic acids is 1. The van der Waals surface area contributed by atoms with Crippen LogP contribution in [-0.2, 0) is 22.7 Å². The molecule has 1 aromatic heterocycles. The van der Waals surface area contributed by atoms with E-state index in [0.717, 1.165) is 35.0 Å². The molecule has 4 aromatic rings. The van der Waals surface area contributed by atoms with Crippen LogP contribution in [0.4, 0.5) is 34.9 Å². The summed E-state index contributed by atoms with van der Waals surface area (Å²) in [7, 11) is 1.55. The zero-order valence-corrected chi connectivity index (χ0v) is 24.7. The zero-order valence-electron chi connectivity index (χ0n) is 23.9. The van der Waals surface area contributed by atoms with Gasteiger partial charge < -0.3 is 25.2 Å². The highest BCUT2D eigenvalue weighted by atomic mass is 32.2. The third-order valence-electron chi connectivity index (χ3n) is 6.38. The summed E-state index contributed by atoms with van der Waals surface area (Å²) in [5.74, 6) is -0.878. The number of rotatable bonds is 11. The predicted molar refractivity (Wildman–Crippen MR) is 161 cm³/mol. The highest BCUT2D eigenvalue weighted by Gasteiger charge is 2.32. The average Bonchev–Trinajstić information content (AvgIpc) is 3.60. The van der Waals surface area contributed by atoms with Gasteiger partial charge in [0.1, 0.15) is 17.9 Å². The topological polar surface area (TPSA) is 126 Å². The number of aryl methyl sites for hydroxylation is 1. The minimum Gasteiger partial charge on any atom is -0.406 e. The van der Waals surface area contributed by atoms with Crippen LogP contribution in [0.5, 0.6) is 5.75 Å². The summed E-state index contributed by atoms with van der Waals surface area (Å²) < 4.78 is 62.5. The number of alkyl halides is 3. The minimum atomic E-state index is -4.79. The van der Waals surface area contributed by atoms with E-state index >= 15 is 0 Å². The minimum absolute atomic E-state index is 0.00699. The van der Waals surface area contributed by atoms with Crippen LogP contribution < -0.4 is 20.3 Å². The van der Waals surface area contributed by atoms with Gasteiger partial charge >= 0.3 is 6.36 Å². The second-order valence-electron chi connectivity index (χ2n) is 9.73. The second kappa shape index (κ2) is 13.5. The third kappa shape index (κ3) is 8.09. The number of halogens is 4. The molecule has 1 aliphatic heterocycles. The van der Waals surface area contributed by atoms with Crippen molar-refractivity contribution in [3.05, 3.63) is 89.5 Å². The van der Waals surface area contributed by atoms with Crippen LogP contribution in [0.2, 0.25) is 0 Å². The number of methoxy groups -OCH3 is 1. The summed E-state index contributed by atoms with van der Waals surface area (Å²) in [5, 5.41) is 20.7. The van der Waals surface area contributed by atoms with Crippen LogP contribution in [0, 0.1) is 12.7 Å². The van der Waals surface area contributed by atoms with E-state index in [4.69, 9.17) is 4.74 Å². The first-order valence-electron chi connectivity index (χ1n) is 13.4. The van der Waals surface area contributed by atoms with E-state index in [1.165, 1.54) is 40.2 Å². The van der Waals surface area contributed by atoms with Crippen molar-refractivity contribution in [2.24, 2.45) is 4.99 Å². The Balaban J connectivity index is 1.20. The van der Waals surface area contributed by atoms with E-state index in [-0.39, 0.29) is 47.4 Å². The predicted octanol–water partition coefficient (Wildman–Crippen LogP) is 5.20. The number of amidine groups is 1. The van der Waals surface area contributed by atoms with Gasteiger partial charge in [-0.05, 0) is 60.5 Å². The number of carbonyl (C=O) groups is 1. The second-order valence-corrected chi connectivity index (χ2v) is 10.7. The first-order valence-corrected chi connectivity index (χ1v) is 14.3.